The lowest BCUT2D eigenvalue weighted by molar-refractivity contribution is -0.137. The average molecular weight is 482 g/mol. The van der Waals surface area contributed by atoms with Crippen LogP contribution in [0.5, 0.6) is 11.5 Å². The fourth-order valence-corrected chi connectivity index (χ4v) is 3.53. The fourth-order valence-electron chi connectivity index (χ4n) is 3.53. The SMILES string of the molecule is COc1cccc(CNC(=O)c2ccc3c(c2)OC(=Cc2ccc(C(F)(F)F)cc2)C(=O)N3C)c1. The van der Waals surface area contributed by atoms with E-state index in [2.05, 4.69) is 5.32 Å². The van der Waals surface area contributed by atoms with E-state index < -0.39 is 17.6 Å². The lowest BCUT2D eigenvalue weighted by Crippen LogP contribution is -2.34. The number of nitrogens with zero attached hydrogens (tertiary/aromatic N) is 1. The van der Waals surface area contributed by atoms with Gasteiger partial charge in [-0.25, -0.2) is 0 Å². The molecule has 1 N–H and O–H groups in total. The van der Waals surface area contributed by atoms with Crippen molar-refractivity contribution in [1.29, 1.82) is 0 Å². The lowest BCUT2D eigenvalue weighted by atomic mass is 10.1. The maximum Gasteiger partial charge on any atom is 0.416 e. The summed E-state index contributed by atoms with van der Waals surface area (Å²) in [6.07, 6.45) is -3.09. The van der Waals surface area contributed by atoms with Gasteiger partial charge in [0.15, 0.2) is 11.5 Å². The van der Waals surface area contributed by atoms with Gasteiger partial charge >= 0.3 is 6.18 Å². The van der Waals surface area contributed by atoms with E-state index in [-0.39, 0.29) is 24.0 Å². The number of fused-ring (bicyclic) bond motifs is 1. The predicted molar refractivity (Wildman–Crippen MR) is 124 cm³/mol. The van der Waals surface area contributed by atoms with Crippen molar-refractivity contribution in [1.82, 2.24) is 5.32 Å². The zero-order valence-corrected chi connectivity index (χ0v) is 18.8. The molecule has 35 heavy (non-hydrogen) atoms. The summed E-state index contributed by atoms with van der Waals surface area (Å²) in [6, 6.07) is 16.4. The van der Waals surface area contributed by atoms with Gasteiger partial charge in [0, 0.05) is 19.2 Å². The highest BCUT2D eigenvalue weighted by Gasteiger charge is 2.31. The molecule has 6 nitrogen and oxygen atoms in total. The lowest BCUT2D eigenvalue weighted by Gasteiger charge is -2.27. The van der Waals surface area contributed by atoms with E-state index in [1.165, 1.54) is 29.2 Å². The number of anilines is 1. The van der Waals surface area contributed by atoms with Gasteiger partial charge in [-0.15, -0.1) is 0 Å². The molecular weight excluding hydrogens is 461 g/mol. The normalized spacial score (nSPS) is 14.4. The number of carbonyl (C=O) groups is 2. The first-order valence-electron chi connectivity index (χ1n) is 10.6. The first-order chi connectivity index (χ1) is 16.7. The highest BCUT2D eigenvalue weighted by molar-refractivity contribution is 6.10. The second kappa shape index (κ2) is 9.54. The molecule has 1 aliphatic heterocycles. The molecule has 0 saturated heterocycles. The Labute approximate surface area is 199 Å². The number of alkyl halides is 3. The smallest absolute Gasteiger partial charge is 0.416 e. The molecule has 0 fully saturated rings. The molecule has 0 spiro atoms. The first kappa shape index (κ1) is 23.9. The van der Waals surface area contributed by atoms with Crippen molar-refractivity contribution in [3.05, 3.63) is 94.7 Å². The Balaban J connectivity index is 1.53. The molecule has 1 heterocycles. The standard InChI is InChI=1S/C26H21F3N2O4/c1-31-21-11-8-18(24(32)30-15-17-4-3-5-20(12-17)34-2)14-22(21)35-23(25(31)33)13-16-6-9-19(10-7-16)26(27,28)29/h3-14H,15H2,1-2H3,(H,30,32). The number of halogens is 3. The van der Waals surface area contributed by atoms with Gasteiger partial charge < -0.3 is 19.7 Å². The zero-order valence-electron chi connectivity index (χ0n) is 18.8. The minimum absolute atomic E-state index is 0.0753. The molecule has 0 aliphatic carbocycles. The second-order valence-corrected chi connectivity index (χ2v) is 7.81. The van der Waals surface area contributed by atoms with E-state index in [9.17, 15) is 22.8 Å². The van der Waals surface area contributed by atoms with Crippen LogP contribution in [-0.4, -0.2) is 26.0 Å². The quantitative estimate of drug-likeness (QED) is 0.518. The van der Waals surface area contributed by atoms with Crippen molar-refractivity contribution in [2.45, 2.75) is 12.7 Å². The average Bonchev–Trinajstić information content (AvgIpc) is 2.85. The highest BCUT2D eigenvalue weighted by atomic mass is 19.4. The Morgan fingerprint density at radius 1 is 1.09 bits per heavy atom. The van der Waals surface area contributed by atoms with Gasteiger partial charge in [-0.1, -0.05) is 24.3 Å². The summed E-state index contributed by atoms with van der Waals surface area (Å²) in [5.41, 5.74) is 1.22. The molecule has 2 amide bonds. The third-order valence-corrected chi connectivity index (χ3v) is 5.44. The van der Waals surface area contributed by atoms with Crippen molar-refractivity contribution in [3.8, 4) is 11.5 Å². The van der Waals surface area contributed by atoms with Crippen LogP contribution in [0, 0.1) is 0 Å². The molecule has 1 aliphatic rings. The van der Waals surface area contributed by atoms with Gasteiger partial charge in [0.2, 0.25) is 0 Å². The number of ether oxygens (including phenoxy) is 2. The van der Waals surface area contributed by atoms with Crippen molar-refractivity contribution in [2.24, 2.45) is 0 Å². The third-order valence-electron chi connectivity index (χ3n) is 5.44. The molecule has 3 aromatic carbocycles. The monoisotopic (exact) mass is 482 g/mol. The molecule has 0 aromatic heterocycles. The van der Waals surface area contributed by atoms with E-state index in [1.807, 2.05) is 18.2 Å². The summed E-state index contributed by atoms with van der Waals surface area (Å²) >= 11 is 0. The number of rotatable bonds is 5. The minimum atomic E-state index is -4.45. The van der Waals surface area contributed by atoms with Crippen molar-refractivity contribution >= 4 is 23.6 Å². The minimum Gasteiger partial charge on any atom is -0.497 e. The molecule has 180 valence electrons. The van der Waals surface area contributed by atoms with Gasteiger partial charge in [-0.2, -0.15) is 13.2 Å². The van der Waals surface area contributed by atoms with Gasteiger partial charge in [0.1, 0.15) is 5.75 Å². The molecule has 0 unspecified atom stereocenters. The largest absolute Gasteiger partial charge is 0.497 e. The Hall–Kier alpha value is -4.27. The number of carbonyl (C=O) groups excluding carboxylic acids is 2. The van der Waals surface area contributed by atoms with Crippen LogP contribution in [0.3, 0.4) is 0 Å². The van der Waals surface area contributed by atoms with Crippen LogP contribution >= 0.6 is 0 Å². The van der Waals surface area contributed by atoms with Crippen LogP contribution in [0.1, 0.15) is 27.0 Å². The number of benzene rings is 3. The Morgan fingerprint density at radius 2 is 1.83 bits per heavy atom. The van der Waals surface area contributed by atoms with Crippen molar-refractivity contribution in [2.75, 3.05) is 19.1 Å². The van der Waals surface area contributed by atoms with Gasteiger partial charge in [0.25, 0.3) is 11.8 Å². The number of nitrogens with one attached hydrogen (secondary N) is 1. The fraction of sp³-hybridized carbons (Fsp3) is 0.154. The number of methoxy groups -OCH3 is 1. The summed E-state index contributed by atoms with van der Waals surface area (Å²) in [5, 5.41) is 2.82. The zero-order chi connectivity index (χ0) is 25.2. The summed E-state index contributed by atoms with van der Waals surface area (Å²) in [4.78, 5) is 26.8. The van der Waals surface area contributed by atoms with E-state index in [0.717, 1.165) is 17.7 Å². The van der Waals surface area contributed by atoms with E-state index in [1.54, 1.807) is 32.4 Å². The summed E-state index contributed by atoms with van der Waals surface area (Å²) < 4.78 is 49.4. The molecule has 4 rings (SSSR count). The van der Waals surface area contributed by atoms with Gasteiger partial charge in [-0.05, 0) is 59.7 Å². The van der Waals surface area contributed by atoms with Crippen LogP contribution in [-0.2, 0) is 17.5 Å². The van der Waals surface area contributed by atoms with Crippen LogP contribution in [0.25, 0.3) is 6.08 Å². The van der Waals surface area contributed by atoms with E-state index >= 15 is 0 Å². The summed E-state index contributed by atoms with van der Waals surface area (Å²) in [5.74, 6) is 0.0756. The second-order valence-electron chi connectivity index (χ2n) is 7.81. The van der Waals surface area contributed by atoms with Gasteiger partial charge in [0.05, 0.1) is 18.4 Å². The molecule has 0 atom stereocenters. The van der Waals surface area contributed by atoms with Crippen LogP contribution < -0.4 is 19.7 Å². The number of hydrogen-bond acceptors (Lipinski definition) is 4. The third kappa shape index (κ3) is 5.29. The van der Waals surface area contributed by atoms with Crippen LogP contribution in [0.2, 0.25) is 0 Å². The topological polar surface area (TPSA) is 67.9 Å². The Morgan fingerprint density at radius 3 is 2.51 bits per heavy atom. The van der Waals surface area contributed by atoms with Crippen LogP contribution in [0.15, 0.2) is 72.5 Å². The number of hydrogen-bond donors (Lipinski definition) is 1. The molecular formula is C26H21F3N2O4. The first-order valence-corrected chi connectivity index (χ1v) is 10.6. The summed E-state index contributed by atoms with van der Waals surface area (Å²) in [7, 11) is 3.11. The van der Waals surface area contributed by atoms with Crippen molar-refractivity contribution in [3.63, 3.8) is 0 Å². The predicted octanol–water partition coefficient (Wildman–Crippen LogP) is 5.04. The Kier molecular flexibility index (Phi) is 6.50. The maximum absolute atomic E-state index is 12.8. The molecule has 9 heteroatoms. The van der Waals surface area contributed by atoms with Gasteiger partial charge in [-0.3, -0.25) is 9.59 Å². The maximum atomic E-state index is 12.8. The Bertz CT molecular complexity index is 1300. The molecule has 0 saturated carbocycles. The van der Waals surface area contributed by atoms with Crippen LogP contribution in [0.4, 0.5) is 18.9 Å². The molecule has 0 bridgehead atoms. The summed E-state index contributed by atoms with van der Waals surface area (Å²) in [6.45, 7) is 0.283. The van der Waals surface area contributed by atoms with E-state index in [0.29, 0.717) is 22.6 Å². The van der Waals surface area contributed by atoms with Crippen molar-refractivity contribution < 1.29 is 32.2 Å². The highest BCUT2D eigenvalue weighted by Crippen LogP contribution is 2.36. The molecule has 0 radical (unpaired) electrons. The molecule has 3 aromatic rings. The number of amides is 2. The number of likely N-dealkylation sites (N-methyl/N-ethyl adjacent to an activating group) is 1. The van der Waals surface area contributed by atoms with E-state index in [4.69, 9.17) is 9.47 Å².